The number of aryl methyl sites for hydroxylation is 1. The van der Waals surface area contributed by atoms with Gasteiger partial charge in [-0.05, 0) is 12.3 Å². The third-order valence-electron chi connectivity index (χ3n) is 2.79. The first-order chi connectivity index (χ1) is 6.22. The van der Waals surface area contributed by atoms with E-state index in [4.69, 9.17) is 0 Å². The number of nitrogens with zero attached hydrogens (tertiary/aromatic N) is 3. The second kappa shape index (κ2) is 3.35. The zero-order valence-electron chi connectivity index (χ0n) is 9.57. The average molecular weight is 197 g/mol. The molecular formula is C10H19N3O. The van der Waals surface area contributed by atoms with E-state index in [1.54, 1.807) is 4.68 Å². The summed E-state index contributed by atoms with van der Waals surface area (Å²) in [6, 6.07) is 0. The second-order valence-corrected chi connectivity index (χ2v) is 5.08. The Morgan fingerprint density at radius 2 is 1.93 bits per heavy atom. The Hall–Kier alpha value is -0.900. The molecule has 4 nitrogen and oxygen atoms in total. The molecule has 14 heavy (non-hydrogen) atoms. The van der Waals surface area contributed by atoms with Gasteiger partial charge in [-0.1, -0.05) is 26.0 Å². The van der Waals surface area contributed by atoms with Gasteiger partial charge in [-0.3, -0.25) is 4.68 Å². The van der Waals surface area contributed by atoms with Crippen molar-refractivity contribution in [2.45, 2.75) is 39.7 Å². The summed E-state index contributed by atoms with van der Waals surface area (Å²) in [6.07, 6.45) is 2.37. The van der Waals surface area contributed by atoms with Gasteiger partial charge in [0.05, 0.1) is 11.3 Å². The predicted octanol–water partition coefficient (Wildman–Crippen LogP) is 1.15. The number of hydrogen-bond acceptors (Lipinski definition) is 3. The van der Waals surface area contributed by atoms with Gasteiger partial charge in [0.25, 0.3) is 0 Å². The van der Waals surface area contributed by atoms with Crippen molar-refractivity contribution < 1.29 is 5.11 Å². The molecule has 0 radical (unpaired) electrons. The lowest BCUT2D eigenvalue weighted by molar-refractivity contribution is -0.0413. The predicted molar refractivity (Wildman–Crippen MR) is 54.8 cm³/mol. The van der Waals surface area contributed by atoms with Crippen molar-refractivity contribution in [2.24, 2.45) is 12.5 Å². The highest BCUT2D eigenvalue weighted by Gasteiger charge is 2.35. The van der Waals surface area contributed by atoms with Crippen LogP contribution in [-0.4, -0.2) is 25.7 Å². The molecule has 1 unspecified atom stereocenters. The molecule has 1 N–H and O–H groups in total. The van der Waals surface area contributed by atoms with Gasteiger partial charge < -0.3 is 5.11 Å². The Kier molecular flexibility index (Phi) is 2.67. The van der Waals surface area contributed by atoms with E-state index in [2.05, 4.69) is 10.3 Å². The van der Waals surface area contributed by atoms with Gasteiger partial charge in [-0.25, -0.2) is 0 Å². The zero-order chi connectivity index (χ0) is 11.0. The molecular weight excluding hydrogens is 178 g/mol. The normalized spacial score (nSPS) is 16.7. The number of hydrogen-bond donors (Lipinski definition) is 1. The first kappa shape index (κ1) is 11.2. The molecule has 4 heteroatoms. The maximum absolute atomic E-state index is 10.2. The summed E-state index contributed by atoms with van der Waals surface area (Å²) in [5.41, 5.74) is -0.0967. The molecule has 1 rings (SSSR count). The lowest BCUT2D eigenvalue weighted by Gasteiger charge is -2.36. The van der Waals surface area contributed by atoms with Gasteiger partial charge in [0, 0.05) is 19.7 Å². The fourth-order valence-electron chi connectivity index (χ4n) is 1.09. The van der Waals surface area contributed by atoms with Crippen molar-refractivity contribution in [2.75, 3.05) is 0 Å². The SMILES string of the molecule is Cn1cc(CC(C)(O)C(C)(C)C)nn1. The quantitative estimate of drug-likeness (QED) is 0.774. The summed E-state index contributed by atoms with van der Waals surface area (Å²) in [5, 5.41) is 18.0. The lowest BCUT2D eigenvalue weighted by Crippen LogP contribution is -2.41. The first-order valence-electron chi connectivity index (χ1n) is 4.80. The first-order valence-corrected chi connectivity index (χ1v) is 4.80. The smallest absolute Gasteiger partial charge is 0.0855 e. The van der Waals surface area contributed by atoms with Crippen molar-refractivity contribution in [3.05, 3.63) is 11.9 Å². The van der Waals surface area contributed by atoms with E-state index in [0.29, 0.717) is 6.42 Å². The molecule has 0 aromatic carbocycles. The minimum atomic E-state index is -0.761. The summed E-state index contributed by atoms with van der Waals surface area (Å²) < 4.78 is 1.65. The van der Waals surface area contributed by atoms with E-state index in [9.17, 15) is 5.11 Å². The Morgan fingerprint density at radius 1 is 1.36 bits per heavy atom. The van der Waals surface area contributed by atoms with E-state index in [1.165, 1.54) is 0 Å². The van der Waals surface area contributed by atoms with E-state index >= 15 is 0 Å². The van der Waals surface area contributed by atoms with Crippen LogP contribution in [0.25, 0.3) is 0 Å². The summed E-state index contributed by atoms with van der Waals surface area (Å²) in [7, 11) is 1.82. The summed E-state index contributed by atoms with van der Waals surface area (Å²) in [6.45, 7) is 7.89. The molecule has 1 aromatic heterocycles. The second-order valence-electron chi connectivity index (χ2n) is 5.08. The number of aliphatic hydroxyl groups is 1. The van der Waals surface area contributed by atoms with Crippen LogP contribution in [0, 0.1) is 5.41 Å². The van der Waals surface area contributed by atoms with Gasteiger partial charge in [0.1, 0.15) is 0 Å². The van der Waals surface area contributed by atoms with Crippen LogP contribution in [0.5, 0.6) is 0 Å². The van der Waals surface area contributed by atoms with Crippen molar-refractivity contribution >= 4 is 0 Å². The van der Waals surface area contributed by atoms with Crippen LogP contribution in [0.1, 0.15) is 33.4 Å². The van der Waals surface area contributed by atoms with E-state index in [-0.39, 0.29) is 5.41 Å². The molecule has 0 bridgehead atoms. The fraction of sp³-hybridized carbons (Fsp3) is 0.800. The van der Waals surface area contributed by atoms with Crippen molar-refractivity contribution in [3.63, 3.8) is 0 Å². The summed E-state index contributed by atoms with van der Waals surface area (Å²) in [4.78, 5) is 0. The van der Waals surface area contributed by atoms with E-state index in [1.807, 2.05) is 40.9 Å². The fourth-order valence-corrected chi connectivity index (χ4v) is 1.09. The minimum absolute atomic E-state index is 0.162. The molecule has 0 amide bonds. The van der Waals surface area contributed by atoms with Crippen LogP contribution >= 0.6 is 0 Å². The summed E-state index contributed by atoms with van der Waals surface area (Å²) >= 11 is 0. The maximum Gasteiger partial charge on any atom is 0.0855 e. The van der Waals surface area contributed by atoms with E-state index < -0.39 is 5.60 Å². The molecule has 0 saturated carbocycles. The molecule has 0 saturated heterocycles. The van der Waals surface area contributed by atoms with Gasteiger partial charge in [-0.2, -0.15) is 0 Å². The van der Waals surface area contributed by atoms with Crippen LogP contribution in [0.3, 0.4) is 0 Å². The van der Waals surface area contributed by atoms with E-state index in [0.717, 1.165) is 5.69 Å². The highest BCUT2D eigenvalue weighted by atomic mass is 16.3. The van der Waals surface area contributed by atoms with Gasteiger partial charge in [0.2, 0.25) is 0 Å². The largest absolute Gasteiger partial charge is 0.389 e. The van der Waals surface area contributed by atoms with Gasteiger partial charge in [0.15, 0.2) is 0 Å². The maximum atomic E-state index is 10.2. The number of rotatable bonds is 2. The van der Waals surface area contributed by atoms with Crippen molar-refractivity contribution in [3.8, 4) is 0 Å². The molecule has 80 valence electrons. The molecule has 0 aliphatic carbocycles. The van der Waals surface area contributed by atoms with Crippen LogP contribution < -0.4 is 0 Å². The highest BCUT2D eigenvalue weighted by molar-refractivity contribution is 5.01. The molecule has 0 spiro atoms. The van der Waals surface area contributed by atoms with Crippen molar-refractivity contribution in [1.82, 2.24) is 15.0 Å². The van der Waals surface area contributed by atoms with Crippen molar-refractivity contribution in [1.29, 1.82) is 0 Å². The Morgan fingerprint density at radius 3 is 2.29 bits per heavy atom. The molecule has 0 fully saturated rings. The summed E-state index contributed by atoms with van der Waals surface area (Å²) in [5.74, 6) is 0. The molecule has 1 aromatic rings. The Balaban J connectivity index is 2.78. The van der Waals surface area contributed by atoms with Crippen LogP contribution in [0.4, 0.5) is 0 Å². The molecule has 1 atom stereocenters. The van der Waals surface area contributed by atoms with Crippen LogP contribution in [-0.2, 0) is 13.5 Å². The lowest BCUT2D eigenvalue weighted by atomic mass is 9.75. The zero-order valence-corrected chi connectivity index (χ0v) is 9.57. The van der Waals surface area contributed by atoms with Gasteiger partial charge >= 0.3 is 0 Å². The molecule has 0 aliphatic rings. The molecule has 0 aliphatic heterocycles. The number of aromatic nitrogens is 3. The Bertz CT molecular complexity index is 309. The van der Waals surface area contributed by atoms with Crippen LogP contribution in [0.15, 0.2) is 6.20 Å². The minimum Gasteiger partial charge on any atom is -0.389 e. The average Bonchev–Trinajstić information content (AvgIpc) is 2.31. The third-order valence-corrected chi connectivity index (χ3v) is 2.79. The van der Waals surface area contributed by atoms with Gasteiger partial charge in [-0.15, -0.1) is 5.10 Å². The standard InChI is InChI=1S/C10H19N3O/c1-9(2,3)10(4,14)6-8-7-13(5)12-11-8/h7,14H,6H2,1-5H3. The Labute approximate surface area is 84.9 Å². The third kappa shape index (κ3) is 2.32. The molecule has 1 heterocycles. The highest BCUT2D eigenvalue weighted by Crippen LogP contribution is 2.32. The topological polar surface area (TPSA) is 50.9 Å². The van der Waals surface area contributed by atoms with Crippen LogP contribution in [0.2, 0.25) is 0 Å². The monoisotopic (exact) mass is 197 g/mol.